The second-order valence-corrected chi connectivity index (χ2v) is 7.06. The van der Waals surface area contributed by atoms with Crippen molar-refractivity contribution in [1.82, 2.24) is 19.3 Å². The molecule has 2 aromatic carbocycles. The lowest BCUT2D eigenvalue weighted by Gasteiger charge is -2.16. The highest BCUT2D eigenvalue weighted by atomic mass is 16.5. The minimum absolute atomic E-state index is 0.0963. The quantitative estimate of drug-likeness (QED) is 0.513. The molecule has 4 rings (SSSR count). The number of fused-ring (bicyclic) bond motifs is 1. The van der Waals surface area contributed by atoms with Crippen LogP contribution in [-0.4, -0.2) is 53.5 Å². The largest absolute Gasteiger partial charge is 0.493 e. The number of amides is 1. The van der Waals surface area contributed by atoms with Crippen molar-refractivity contribution in [3.8, 4) is 22.8 Å². The number of hydrogen-bond donors (Lipinski definition) is 1. The summed E-state index contributed by atoms with van der Waals surface area (Å²) in [6.45, 7) is 0. The van der Waals surface area contributed by atoms with Gasteiger partial charge in [0.25, 0.3) is 5.91 Å². The van der Waals surface area contributed by atoms with Crippen LogP contribution in [0, 0.1) is 0 Å². The maximum absolute atomic E-state index is 12.6. The molecule has 1 amide bonds. The number of methoxy groups -OCH3 is 2. The Labute approximate surface area is 180 Å². The average Bonchev–Trinajstić information content (AvgIpc) is 3.27. The molecule has 8 nitrogen and oxygen atoms in total. The molecule has 0 aliphatic heterocycles. The Morgan fingerprint density at radius 3 is 2.55 bits per heavy atom. The van der Waals surface area contributed by atoms with Crippen LogP contribution in [0.1, 0.15) is 10.4 Å². The highest BCUT2D eigenvalue weighted by Crippen LogP contribution is 2.33. The third-order valence-electron chi connectivity index (χ3n) is 4.88. The van der Waals surface area contributed by atoms with Crippen LogP contribution in [0.2, 0.25) is 0 Å². The molecule has 0 saturated heterocycles. The van der Waals surface area contributed by atoms with E-state index in [1.54, 1.807) is 45.5 Å². The number of carbonyl (C=O) groups is 1. The number of nitrogens with one attached hydrogen (secondary N) is 1. The molecule has 4 aromatic rings. The zero-order chi connectivity index (χ0) is 22.0. The number of hydrogen-bond acceptors (Lipinski definition) is 6. The van der Waals surface area contributed by atoms with E-state index in [9.17, 15) is 4.79 Å². The molecule has 2 heterocycles. The highest BCUT2D eigenvalue weighted by Gasteiger charge is 2.16. The molecular weight excluding hydrogens is 394 g/mol. The molecule has 0 aliphatic carbocycles. The Kier molecular flexibility index (Phi) is 5.44. The molecule has 0 unspecified atom stereocenters. The molecule has 0 spiro atoms. The molecule has 0 atom stereocenters. The highest BCUT2D eigenvalue weighted by molar-refractivity contribution is 5.99. The van der Waals surface area contributed by atoms with Crippen LogP contribution >= 0.6 is 0 Å². The molecule has 2 aromatic heterocycles. The van der Waals surface area contributed by atoms with Gasteiger partial charge >= 0.3 is 0 Å². The standard InChI is InChI=1S/C23H23N5O3/c1-27(2)22(29)16-7-5-6-8-17(16)25-23-26-18(14-21-24-11-12-28(21)23)15-9-10-19(30-3)20(13-15)31-4/h5-14H,1-4H3,(H,25,26). The number of ether oxygens (including phenoxy) is 2. The summed E-state index contributed by atoms with van der Waals surface area (Å²) >= 11 is 0. The van der Waals surface area contributed by atoms with E-state index in [4.69, 9.17) is 14.5 Å². The summed E-state index contributed by atoms with van der Waals surface area (Å²) in [7, 11) is 6.64. The first kappa shape index (κ1) is 20.2. The van der Waals surface area contributed by atoms with Gasteiger partial charge in [-0.05, 0) is 30.3 Å². The van der Waals surface area contributed by atoms with E-state index >= 15 is 0 Å². The summed E-state index contributed by atoms with van der Waals surface area (Å²) in [5.74, 6) is 1.70. The maximum atomic E-state index is 12.6. The third kappa shape index (κ3) is 3.87. The summed E-state index contributed by atoms with van der Waals surface area (Å²) in [6.07, 6.45) is 3.52. The maximum Gasteiger partial charge on any atom is 0.255 e. The van der Waals surface area contributed by atoms with Gasteiger partial charge in [0, 0.05) is 38.1 Å². The van der Waals surface area contributed by atoms with Crippen molar-refractivity contribution in [3.05, 3.63) is 66.5 Å². The summed E-state index contributed by atoms with van der Waals surface area (Å²) in [4.78, 5) is 23.4. The van der Waals surface area contributed by atoms with Crippen molar-refractivity contribution in [2.75, 3.05) is 33.6 Å². The fourth-order valence-corrected chi connectivity index (χ4v) is 3.29. The summed E-state index contributed by atoms with van der Waals surface area (Å²) in [5.41, 5.74) is 3.49. The number of aromatic nitrogens is 3. The van der Waals surface area contributed by atoms with Crippen LogP contribution in [0.5, 0.6) is 11.5 Å². The van der Waals surface area contributed by atoms with Crippen LogP contribution in [0.3, 0.4) is 0 Å². The van der Waals surface area contributed by atoms with Gasteiger partial charge in [0.2, 0.25) is 5.95 Å². The zero-order valence-electron chi connectivity index (χ0n) is 17.8. The van der Waals surface area contributed by atoms with Gasteiger partial charge in [-0.2, -0.15) is 0 Å². The summed E-state index contributed by atoms with van der Waals surface area (Å²) < 4.78 is 12.6. The van der Waals surface area contributed by atoms with E-state index in [-0.39, 0.29) is 5.91 Å². The number of nitrogens with zero attached hydrogens (tertiary/aromatic N) is 4. The van der Waals surface area contributed by atoms with Crippen molar-refractivity contribution in [2.24, 2.45) is 0 Å². The van der Waals surface area contributed by atoms with Gasteiger partial charge < -0.3 is 19.7 Å². The molecule has 0 radical (unpaired) electrons. The third-order valence-corrected chi connectivity index (χ3v) is 4.88. The molecule has 0 saturated carbocycles. The van der Waals surface area contributed by atoms with Gasteiger partial charge in [-0.25, -0.2) is 9.97 Å². The Bertz CT molecular complexity index is 1250. The van der Waals surface area contributed by atoms with Crippen LogP contribution in [-0.2, 0) is 0 Å². The smallest absolute Gasteiger partial charge is 0.255 e. The van der Waals surface area contributed by atoms with E-state index in [0.29, 0.717) is 34.4 Å². The van der Waals surface area contributed by atoms with Gasteiger partial charge in [0.15, 0.2) is 11.5 Å². The van der Waals surface area contributed by atoms with E-state index in [1.807, 2.05) is 53.1 Å². The first-order valence-electron chi connectivity index (χ1n) is 9.66. The minimum atomic E-state index is -0.0963. The first-order chi connectivity index (χ1) is 15.0. The predicted molar refractivity (Wildman–Crippen MR) is 119 cm³/mol. The number of benzene rings is 2. The second kappa shape index (κ2) is 8.35. The van der Waals surface area contributed by atoms with Crippen molar-refractivity contribution in [3.63, 3.8) is 0 Å². The predicted octanol–water partition coefficient (Wildman–Crippen LogP) is 3.86. The van der Waals surface area contributed by atoms with Gasteiger partial charge in [0.05, 0.1) is 31.2 Å². The van der Waals surface area contributed by atoms with Crippen LogP contribution in [0.25, 0.3) is 16.9 Å². The fraction of sp³-hybridized carbons (Fsp3) is 0.174. The summed E-state index contributed by atoms with van der Waals surface area (Å²) in [5, 5.41) is 3.31. The number of carbonyl (C=O) groups excluding carboxylic acids is 1. The van der Waals surface area contributed by atoms with Crippen molar-refractivity contribution < 1.29 is 14.3 Å². The first-order valence-corrected chi connectivity index (χ1v) is 9.66. The van der Waals surface area contributed by atoms with Crippen LogP contribution in [0.15, 0.2) is 60.9 Å². The SMILES string of the molecule is COc1ccc(-c2cc3nccn3c(Nc3ccccc3C(=O)N(C)C)n2)cc1OC. The van der Waals surface area contributed by atoms with Gasteiger partial charge in [-0.15, -0.1) is 0 Å². The lowest BCUT2D eigenvalue weighted by atomic mass is 10.1. The molecule has 0 aliphatic rings. The average molecular weight is 417 g/mol. The normalized spacial score (nSPS) is 10.7. The van der Waals surface area contributed by atoms with Crippen molar-refractivity contribution >= 4 is 23.2 Å². The Morgan fingerprint density at radius 2 is 1.81 bits per heavy atom. The molecule has 31 heavy (non-hydrogen) atoms. The number of rotatable bonds is 6. The molecule has 158 valence electrons. The van der Waals surface area contributed by atoms with Gasteiger partial charge in [-0.3, -0.25) is 9.20 Å². The van der Waals surface area contributed by atoms with Gasteiger partial charge in [0.1, 0.15) is 5.65 Å². The number of imidazole rings is 1. The Morgan fingerprint density at radius 1 is 1.03 bits per heavy atom. The zero-order valence-corrected chi connectivity index (χ0v) is 17.8. The minimum Gasteiger partial charge on any atom is -0.493 e. The van der Waals surface area contributed by atoms with E-state index in [0.717, 1.165) is 11.2 Å². The molecule has 0 bridgehead atoms. The molecule has 0 fully saturated rings. The lowest BCUT2D eigenvalue weighted by Crippen LogP contribution is -2.22. The lowest BCUT2D eigenvalue weighted by molar-refractivity contribution is 0.0828. The monoisotopic (exact) mass is 417 g/mol. The number of anilines is 2. The van der Waals surface area contributed by atoms with Gasteiger partial charge in [-0.1, -0.05) is 12.1 Å². The second-order valence-electron chi connectivity index (χ2n) is 7.06. The Balaban J connectivity index is 1.81. The fourth-order valence-electron chi connectivity index (χ4n) is 3.29. The number of para-hydroxylation sites is 1. The topological polar surface area (TPSA) is 81.0 Å². The summed E-state index contributed by atoms with van der Waals surface area (Å²) in [6, 6.07) is 14.9. The molecule has 1 N–H and O–H groups in total. The van der Waals surface area contributed by atoms with Crippen molar-refractivity contribution in [2.45, 2.75) is 0 Å². The van der Waals surface area contributed by atoms with E-state index in [2.05, 4.69) is 10.3 Å². The van der Waals surface area contributed by atoms with Crippen molar-refractivity contribution in [1.29, 1.82) is 0 Å². The molecule has 8 heteroatoms. The van der Waals surface area contributed by atoms with E-state index in [1.165, 1.54) is 0 Å². The van der Waals surface area contributed by atoms with E-state index < -0.39 is 0 Å². The van der Waals surface area contributed by atoms with Crippen LogP contribution < -0.4 is 14.8 Å². The molecular formula is C23H23N5O3. The Hall–Kier alpha value is -4.07. The van der Waals surface area contributed by atoms with Crippen LogP contribution in [0.4, 0.5) is 11.6 Å².